The van der Waals surface area contributed by atoms with E-state index < -0.39 is 5.97 Å². The molecule has 1 aliphatic heterocycles. The molecule has 0 radical (unpaired) electrons. The molecule has 0 bridgehead atoms. The van der Waals surface area contributed by atoms with Gasteiger partial charge in [-0.05, 0) is 45.1 Å². The fourth-order valence-corrected chi connectivity index (χ4v) is 2.61. The van der Waals surface area contributed by atoms with Crippen molar-refractivity contribution in [1.29, 1.82) is 0 Å². The number of hydrogen-bond acceptors (Lipinski definition) is 4. The fraction of sp³-hybridized carbons (Fsp3) is 0.400. The van der Waals surface area contributed by atoms with Crippen molar-refractivity contribution in [1.82, 2.24) is 10.2 Å². The fourth-order valence-electron chi connectivity index (χ4n) is 2.19. The first-order valence-electron chi connectivity index (χ1n) is 7.01. The number of para-hydroxylation sites is 1. The molecule has 7 heteroatoms. The molecule has 0 aliphatic carbocycles. The highest BCUT2D eigenvalue weighted by Crippen LogP contribution is 2.20. The van der Waals surface area contributed by atoms with E-state index in [-0.39, 0.29) is 18.2 Å². The van der Waals surface area contributed by atoms with Gasteiger partial charge in [0.25, 0.3) is 0 Å². The predicted octanol–water partition coefficient (Wildman–Crippen LogP) is 2.36. The number of carbonyl (C=O) groups is 2. The Labute approximate surface area is 134 Å². The minimum absolute atomic E-state index is 0.269. The van der Waals surface area contributed by atoms with Crippen LogP contribution in [0.15, 0.2) is 24.3 Å². The molecular weight excluding hydrogens is 302 g/mol. The van der Waals surface area contributed by atoms with Crippen LogP contribution in [0.25, 0.3) is 0 Å². The van der Waals surface area contributed by atoms with Crippen molar-refractivity contribution in [3.63, 3.8) is 0 Å². The maximum atomic E-state index is 12.4. The van der Waals surface area contributed by atoms with Gasteiger partial charge in [-0.25, -0.2) is 9.59 Å². The van der Waals surface area contributed by atoms with Gasteiger partial charge in [0.05, 0.1) is 29.9 Å². The van der Waals surface area contributed by atoms with Crippen molar-refractivity contribution in [3.8, 4) is 0 Å². The van der Waals surface area contributed by atoms with E-state index in [4.69, 9.17) is 17.0 Å². The molecular formula is C15H19N3O3S. The van der Waals surface area contributed by atoms with Crippen LogP contribution in [-0.4, -0.2) is 40.7 Å². The summed E-state index contributed by atoms with van der Waals surface area (Å²) in [4.78, 5) is 25.7. The van der Waals surface area contributed by atoms with Gasteiger partial charge in [0.15, 0.2) is 5.11 Å². The van der Waals surface area contributed by atoms with Crippen molar-refractivity contribution in [2.45, 2.75) is 26.3 Å². The van der Waals surface area contributed by atoms with Crippen LogP contribution in [0.1, 0.15) is 31.1 Å². The highest BCUT2D eigenvalue weighted by atomic mass is 32.1. The summed E-state index contributed by atoms with van der Waals surface area (Å²) in [6.07, 6.45) is 0. The number of benzene rings is 1. The predicted molar refractivity (Wildman–Crippen MR) is 87.9 cm³/mol. The minimum Gasteiger partial charge on any atom is -0.462 e. The lowest BCUT2D eigenvalue weighted by Gasteiger charge is -2.18. The van der Waals surface area contributed by atoms with Crippen LogP contribution in [-0.2, 0) is 4.74 Å². The normalized spacial score (nSPS) is 16.1. The van der Waals surface area contributed by atoms with Crippen molar-refractivity contribution in [2.75, 3.05) is 18.5 Å². The average Bonchev–Trinajstić information content (AvgIpc) is 2.73. The molecule has 1 fully saturated rings. The summed E-state index contributed by atoms with van der Waals surface area (Å²) in [5.74, 6) is -0.471. The maximum absolute atomic E-state index is 12.4. The van der Waals surface area contributed by atoms with E-state index in [1.54, 1.807) is 31.2 Å². The number of thiocarbonyl (C=S) groups is 1. The first-order valence-corrected chi connectivity index (χ1v) is 7.41. The van der Waals surface area contributed by atoms with Crippen LogP contribution >= 0.6 is 12.2 Å². The molecule has 1 heterocycles. The van der Waals surface area contributed by atoms with Gasteiger partial charge in [-0.2, -0.15) is 0 Å². The van der Waals surface area contributed by atoms with Gasteiger partial charge in [-0.15, -0.1) is 0 Å². The number of urea groups is 1. The lowest BCUT2D eigenvalue weighted by Crippen LogP contribution is -2.37. The minimum atomic E-state index is -0.471. The quantitative estimate of drug-likeness (QED) is 0.660. The number of ether oxygens (including phenoxy) is 1. The third-order valence-corrected chi connectivity index (χ3v) is 3.48. The molecule has 1 aromatic carbocycles. The monoisotopic (exact) mass is 321 g/mol. The summed E-state index contributed by atoms with van der Waals surface area (Å²) in [6.45, 7) is 6.38. The van der Waals surface area contributed by atoms with E-state index in [9.17, 15) is 9.59 Å². The van der Waals surface area contributed by atoms with Gasteiger partial charge in [-0.1, -0.05) is 12.1 Å². The van der Waals surface area contributed by atoms with Crippen LogP contribution in [0.5, 0.6) is 0 Å². The second-order valence-electron chi connectivity index (χ2n) is 5.60. The standard InChI is InChI=1S/C15H19N3O3S/c1-4-21-12(19)10-7-5-6-8-11(10)16-13(20)18-9-15(2,3)17-14(18)22/h5-8H,4,9H2,1-3H3,(H,16,20)(H,17,22). The first kappa shape index (κ1) is 16.2. The molecule has 1 aromatic rings. The molecule has 0 saturated carbocycles. The molecule has 0 atom stereocenters. The third kappa shape index (κ3) is 3.54. The number of nitrogens with one attached hydrogen (secondary N) is 2. The SMILES string of the molecule is CCOC(=O)c1ccccc1NC(=O)N1CC(C)(C)NC1=S. The lowest BCUT2D eigenvalue weighted by molar-refractivity contribution is 0.0527. The molecule has 2 amide bonds. The first-order chi connectivity index (χ1) is 10.3. The molecule has 0 spiro atoms. The lowest BCUT2D eigenvalue weighted by atomic mass is 10.1. The Morgan fingerprint density at radius 1 is 1.41 bits per heavy atom. The summed E-state index contributed by atoms with van der Waals surface area (Å²) in [5.41, 5.74) is 0.447. The third-order valence-electron chi connectivity index (χ3n) is 3.15. The van der Waals surface area contributed by atoms with Gasteiger partial charge in [-0.3, -0.25) is 4.90 Å². The highest BCUT2D eigenvalue weighted by Gasteiger charge is 2.36. The average molecular weight is 321 g/mol. The van der Waals surface area contributed by atoms with E-state index in [0.29, 0.717) is 22.9 Å². The highest BCUT2D eigenvalue weighted by molar-refractivity contribution is 7.80. The van der Waals surface area contributed by atoms with Crippen molar-refractivity contribution >= 4 is 35.0 Å². The van der Waals surface area contributed by atoms with Gasteiger partial charge < -0.3 is 15.4 Å². The number of amides is 2. The Hall–Kier alpha value is -2.15. The van der Waals surface area contributed by atoms with Crippen molar-refractivity contribution in [3.05, 3.63) is 29.8 Å². The van der Waals surface area contributed by atoms with E-state index in [0.717, 1.165) is 0 Å². The van der Waals surface area contributed by atoms with Crippen molar-refractivity contribution in [2.24, 2.45) is 0 Å². The van der Waals surface area contributed by atoms with E-state index >= 15 is 0 Å². The topological polar surface area (TPSA) is 70.7 Å². The zero-order chi connectivity index (χ0) is 16.3. The number of nitrogens with zero attached hydrogens (tertiary/aromatic N) is 1. The summed E-state index contributed by atoms with van der Waals surface area (Å²) in [5, 5.41) is 6.16. The number of esters is 1. The zero-order valence-corrected chi connectivity index (χ0v) is 13.6. The second-order valence-corrected chi connectivity index (χ2v) is 5.98. The molecule has 6 nitrogen and oxygen atoms in total. The number of hydrogen-bond donors (Lipinski definition) is 2. The summed E-state index contributed by atoms with van der Waals surface area (Å²) < 4.78 is 4.99. The molecule has 2 rings (SSSR count). The Kier molecular flexibility index (Phi) is 4.65. The van der Waals surface area contributed by atoms with Crippen LogP contribution in [0, 0.1) is 0 Å². The molecule has 2 N–H and O–H groups in total. The Morgan fingerprint density at radius 2 is 2.09 bits per heavy atom. The van der Waals surface area contributed by atoms with E-state index in [1.807, 2.05) is 13.8 Å². The van der Waals surface area contributed by atoms with Crippen LogP contribution in [0.2, 0.25) is 0 Å². The van der Waals surface area contributed by atoms with Crippen LogP contribution in [0.4, 0.5) is 10.5 Å². The summed E-state index contributed by atoms with van der Waals surface area (Å²) >= 11 is 5.17. The molecule has 0 unspecified atom stereocenters. The number of anilines is 1. The van der Waals surface area contributed by atoms with E-state index in [1.165, 1.54) is 4.90 Å². The molecule has 1 saturated heterocycles. The summed E-state index contributed by atoms with van der Waals surface area (Å²) in [6, 6.07) is 6.34. The number of rotatable bonds is 3. The second kappa shape index (κ2) is 6.31. The molecule has 1 aliphatic rings. The smallest absolute Gasteiger partial charge is 0.340 e. The maximum Gasteiger partial charge on any atom is 0.340 e. The Morgan fingerprint density at radius 3 is 2.68 bits per heavy atom. The zero-order valence-electron chi connectivity index (χ0n) is 12.8. The molecule has 0 aromatic heterocycles. The largest absolute Gasteiger partial charge is 0.462 e. The van der Waals surface area contributed by atoms with Crippen LogP contribution in [0.3, 0.4) is 0 Å². The molecule has 118 valence electrons. The Balaban J connectivity index is 2.16. The van der Waals surface area contributed by atoms with Gasteiger partial charge in [0.1, 0.15) is 0 Å². The van der Waals surface area contributed by atoms with Crippen LogP contribution < -0.4 is 10.6 Å². The van der Waals surface area contributed by atoms with Crippen molar-refractivity contribution < 1.29 is 14.3 Å². The van der Waals surface area contributed by atoms with E-state index in [2.05, 4.69) is 10.6 Å². The number of carbonyl (C=O) groups excluding carboxylic acids is 2. The van der Waals surface area contributed by atoms with Gasteiger partial charge >= 0.3 is 12.0 Å². The molecule has 22 heavy (non-hydrogen) atoms. The van der Waals surface area contributed by atoms with Gasteiger partial charge in [0.2, 0.25) is 0 Å². The Bertz CT molecular complexity index is 616. The van der Waals surface area contributed by atoms with Gasteiger partial charge in [0, 0.05) is 0 Å². The summed E-state index contributed by atoms with van der Waals surface area (Å²) in [7, 11) is 0.